The van der Waals surface area contributed by atoms with Gasteiger partial charge in [-0.2, -0.15) is 0 Å². The molecule has 0 spiro atoms. The number of hydrogen-bond acceptors (Lipinski definition) is 5. The first-order valence-electron chi connectivity index (χ1n) is 10.8. The highest BCUT2D eigenvalue weighted by Gasteiger charge is 2.22. The average Bonchev–Trinajstić information content (AvgIpc) is 2.82. The van der Waals surface area contributed by atoms with Crippen molar-refractivity contribution in [1.82, 2.24) is 9.88 Å². The number of aromatic nitrogens is 1. The largest absolute Gasteiger partial charge is 0.505 e. The van der Waals surface area contributed by atoms with Crippen LogP contribution in [0.3, 0.4) is 0 Å². The number of hydrogen-bond donors (Lipinski definition) is 3. The van der Waals surface area contributed by atoms with E-state index in [4.69, 9.17) is 4.74 Å². The monoisotopic (exact) mass is 485 g/mol. The van der Waals surface area contributed by atoms with Gasteiger partial charge in [0, 0.05) is 24.4 Å². The number of carbonyl (C=O) groups excluding carboxylic acids is 2. The van der Waals surface area contributed by atoms with E-state index in [0.29, 0.717) is 16.7 Å². The Balaban J connectivity index is 1.93. The molecule has 1 atom stereocenters. The van der Waals surface area contributed by atoms with E-state index in [2.05, 4.69) is 10.6 Å². The highest BCUT2D eigenvalue weighted by molar-refractivity contribution is 5.91. The second kappa shape index (κ2) is 10.8. The van der Waals surface area contributed by atoms with Gasteiger partial charge in [-0.25, -0.2) is 13.6 Å². The smallest absolute Gasteiger partial charge is 0.319 e. The van der Waals surface area contributed by atoms with Crippen molar-refractivity contribution in [3.05, 3.63) is 81.8 Å². The molecule has 10 heteroatoms. The molecule has 0 radical (unpaired) electrons. The summed E-state index contributed by atoms with van der Waals surface area (Å²) in [6.45, 7) is 3.33. The van der Waals surface area contributed by atoms with Crippen LogP contribution < -0.4 is 16.2 Å². The van der Waals surface area contributed by atoms with Gasteiger partial charge in [-0.05, 0) is 37.1 Å². The normalized spacial score (nSPS) is 11.6. The third-order valence-electron chi connectivity index (χ3n) is 5.30. The van der Waals surface area contributed by atoms with Crippen LogP contribution >= 0.6 is 0 Å². The number of pyridine rings is 1. The molecule has 0 unspecified atom stereocenters. The summed E-state index contributed by atoms with van der Waals surface area (Å²) in [4.78, 5) is 37.4. The zero-order chi connectivity index (χ0) is 25.7. The van der Waals surface area contributed by atoms with Gasteiger partial charge in [0.1, 0.15) is 5.75 Å². The molecule has 2 amide bonds. The molecule has 1 aromatic heterocycles. The standard InChI is InChI=1S/C25H25F2N3O5/c1-4-35-20(31)12-19(28-25(34)29-22-23(32)14(2)13-30(3)24(22)33)16-8-5-7-15(11-16)17-9-6-10-18(26)21(17)27/h5-11,13,19,32H,4,12H2,1-3H3,(H2,28,29,34)/t19-/m0/s1. The van der Waals surface area contributed by atoms with Gasteiger partial charge in [0.2, 0.25) is 0 Å². The zero-order valence-electron chi connectivity index (χ0n) is 19.4. The number of aromatic hydroxyl groups is 1. The Morgan fingerprint density at radius 3 is 2.60 bits per heavy atom. The van der Waals surface area contributed by atoms with Crippen molar-refractivity contribution >= 4 is 17.7 Å². The molecule has 3 rings (SSSR count). The summed E-state index contributed by atoms with van der Waals surface area (Å²) in [6, 6.07) is 8.25. The number of carbonyl (C=O) groups is 2. The molecule has 1 heterocycles. The number of anilines is 1. The lowest BCUT2D eigenvalue weighted by Crippen LogP contribution is -2.36. The van der Waals surface area contributed by atoms with Gasteiger partial charge in [-0.15, -0.1) is 0 Å². The minimum absolute atomic E-state index is 0.0133. The molecule has 3 aromatic rings. The predicted molar refractivity (Wildman–Crippen MR) is 126 cm³/mol. The van der Waals surface area contributed by atoms with Crippen LogP contribution in [0.1, 0.15) is 30.5 Å². The minimum atomic E-state index is -1.02. The van der Waals surface area contributed by atoms with Crippen molar-refractivity contribution in [3.63, 3.8) is 0 Å². The van der Waals surface area contributed by atoms with Gasteiger partial charge in [-0.3, -0.25) is 9.59 Å². The van der Waals surface area contributed by atoms with E-state index >= 15 is 0 Å². The lowest BCUT2D eigenvalue weighted by molar-refractivity contribution is -0.143. The topological polar surface area (TPSA) is 110 Å². The number of nitrogens with one attached hydrogen (secondary N) is 2. The maximum atomic E-state index is 14.3. The fourth-order valence-electron chi connectivity index (χ4n) is 3.59. The summed E-state index contributed by atoms with van der Waals surface area (Å²) in [5, 5.41) is 15.2. The molecule has 3 N–H and O–H groups in total. The van der Waals surface area contributed by atoms with E-state index in [1.165, 1.54) is 36.0 Å². The minimum Gasteiger partial charge on any atom is -0.505 e. The third kappa shape index (κ3) is 5.84. The molecule has 0 aliphatic rings. The Bertz CT molecular complexity index is 1320. The van der Waals surface area contributed by atoms with Crippen molar-refractivity contribution in [2.24, 2.45) is 7.05 Å². The SMILES string of the molecule is CCOC(=O)C[C@H](NC(=O)Nc1c(O)c(C)cn(C)c1=O)c1cccc(-c2cccc(F)c2F)c1. The lowest BCUT2D eigenvalue weighted by atomic mass is 9.97. The Kier molecular flexibility index (Phi) is 7.85. The molecule has 0 aliphatic carbocycles. The van der Waals surface area contributed by atoms with Crippen LogP contribution in [0, 0.1) is 18.6 Å². The summed E-state index contributed by atoms with van der Waals surface area (Å²) in [7, 11) is 1.47. The van der Waals surface area contributed by atoms with Gasteiger partial charge < -0.3 is 25.0 Å². The van der Waals surface area contributed by atoms with Crippen LogP contribution in [0.2, 0.25) is 0 Å². The number of esters is 1. The van der Waals surface area contributed by atoms with E-state index in [0.717, 1.165) is 6.07 Å². The molecule has 0 saturated carbocycles. The predicted octanol–water partition coefficient (Wildman–Crippen LogP) is 4.16. The Hall–Kier alpha value is -4.21. The van der Waals surface area contributed by atoms with E-state index in [1.807, 2.05) is 0 Å². The molecule has 184 valence electrons. The summed E-state index contributed by atoms with van der Waals surface area (Å²) >= 11 is 0. The first-order valence-corrected chi connectivity index (χ1v) is 10.8. The molecule has 2 aromatic carbocycles. The quantitative estimate of drug-likeness (QED) is 0.436. The van der Waals surface area contributed by atoms with Gasteiger partial charge in [0.15, 0.2) is 17.3 Å². The van der Waals surface area contributed by atoms with Crippen molar-refractivity contribution in [1.29, 1.82) is 0 Å². The first-order chi connectivity index (χ1) is 16.6. The van der Waals surface area contributed by atoms with Gasteiger partial charge in [0.05, 0.1) is 19.1 Å². The van der Waals surface area contributed by atoms with Gasteiger partial charge in [0.25, 0.3) is 5.56 Å². The highest BCUT2D eigenvalue weighted by Crippen LogP contribution is 2.28. The zero-order valence-corrected chi connectivity index (χ0v) is 19.4. The van der Waals surface area contributed by atoms with Crippen LogP contribution in [0.25, 0.3) is 11.1 Å². The number of aryl methyl sites for hydroxylation is 2. The van der Waals surface area contributed by atoms with Gasteiger partial charge >= 0.3 is 12.0 Å². The van der Waals surface area contributed by atoms with E-state index in [-0.39, 0.29) is 30.0 Å². The van der Waals surface area contributed by atoms with E-state index in [9.17, 15) is 28.3 Å². The van der Waals surface area contributed by atoms with Crippen LogP contribution in [0.5, 0.6) is 5.75 Å². The second-order valence-electron chi connectivity index (χ2n) is 7.84. The molecule has 0 bridgehead atoms. The number of benzene rings is 2. The third-order valence-corrected chi connectivity index (χ3v) is 5.30. The van der Waals surface area contributed by atoms with Crippen molar-refractivity contribution in [3.8, 4) is 16.9 Å². The molecule has 35 heavy (non-hydrogen) atoms. The Labute approximate surface area is 200 Å². The highest BCUT2D eigenvalue weighted by atomic mass is 19.2. The number of ether oxygens (including phenoxy) is 1. The number of nitrogens with zero attached hydrogens (tertiary/aromatic N) is 1. The summed E-state index contributed by atoms with van der Waals surface area (Å²) in [6.07, 6.45) is 1.15. The lowest BCUT2D eigenvalue weighted by Gasteiger charge is -2.20. The fourth-order valence-corrected chi connectivity index (χ4v) is 3.59. The van der Waals surface area contributed by atoms with E-state index in [1.54, 1.807) is 32.0 Å². The average molecular weight is 485 g/mol. The molecule has 0 fully saturated rings. The van der Waals surface area contributed by atoms with Crippen molar-refractivity contribution in [2.75, 3.05) is 11.9 Å². The molecule has 8 nitrogen and oxygen atoms in total. The van der Waals surface area contributed by atoms with Crippen molar-refractivity contribution < 1.29 is 28.2 Å². The first kappa shape index (κ1) is 25.4. The fraction of sp³-hybridized carbons (Fsp3) is 0.240. The Morgan fingerprint density at radius 2 is 1.89 bits per heavy atom. The molecule has 0 aliphatic heterocycles. The summed E-state index contributed by atoms with van der Waals surface area (Å²) < 4.78 is 34.3. The second-order valence-corrected chi connectivity index (χ2v) is 7.84. The summed E-state index contributed by atoms with van der Waals surface area (Å²) in [5.41, 5.74) is 0.176. The van der Waals surface area contributed by atoms with Crippen LogP contribution in [-0.2, 0) is 16.6 Å². The number of rotatable bonds is 7. The van der Waals surface area contributed by atoms with Crippen molar-refractivity contribution in [2.45, 2.75) is 26.3 Å². The Morgan fingerprint density at radius 1 is 1.17 bits per heavy atom. The number of urea groups is 1. The number of halogens is 2. The van der Waals surface area contributed by atoms with Gasteiger partial charge in [-0.1, -0.05) is 30.3 Å². The maximum absolute atomic E-state index is 14.3. The van der Waals surface area contributed by atoms with E-state index < -0.39 is 35.2 Å². The molecular formula is C25H25F2N3O5. The summed E-state index contributed by atoms with van der Waals surface area (Å²) in [5.74, 6) is -3.01. The molecular weight excluding hydrogens is 460 g/mol. The van der Waals surface area contributed by atoms with Crippen LogP contribution in [0.4, 0.5) is 19.3 Å². The van der Waals surface area contributed by atoms with Crippen LogP contribution in [-0.4, -0.2) is 28.3 Å². The van der Waals surface area contributed by atoms with Crippen LogP contribution in [0.15, 0.2) is 53.5 Å². The number of amides is 2. The molecule has 0 saturated heterocycles. The maximum Gasteiger partial charge on any atom is 0.319 e.